The lowest BCUT2D eigenvalue weighted by molar-refractivity contribution is -0.121. The van der Waals surface area contributed by atoms with Crippen LogP contribution in [0.2, 0.25) is 0 Å². The van der Waals surface area contributed by atoms with Crippen LogP contribution in [-0.4, -0.2) is 11.8 Å². The number of fused-ring (bicyclic) bond motifs is 1. The third-order valence-corrected chi connectivity index (χ3v) is 4.51. The van der Waals surface area contributed by atoms with Crippen molar-refractivity contribution in [3.8, 4) is 0 Å². The lowest BCUT2D eigenvalue weighted by atomic mass is 9.85. The molecule has 2 amide bonds. The second-order valence-electron chi connectivity index (χ2n) is 6.90. The fourth-order valence-electron chi connectivity index (χ4n) is 3.00. The number of benzene rings is 2. The van der Waals surface area contributed by atoms with Crippen molar-refractivity contribution in [1.82, 2.24) is 5.32 Å². The zero-order chi connectivity index (χ0) is 17.3. The molecule has 0 saturated heterocycles. The summed E-state index contributed by atoms with van der Waals surface area (Å²) in [4.78, 5) is 24.1. The monoisotopic (exact) mass is 322 g/mol. The molecule has 3 rings (SSSR count). The Hall–Kier alpha value is -2.62. The molecular formula is C20H22N2O2. The molecule has 4 heteroatoms. The summed E-state index contributed by atoms with van der Waals surface area (Å²) >= 11 is 0. The third-order valence-electron chi connectivity index (χ3n) is 4.51. The van der Waals surface area contributed by atoms with Gasteiger partial charge in [0.15, 0.2) is 0 Å². The van der Waals surface area contributed by atoms with Crippen LogP contribution in [0, 0.1) is 6.92 Å². The maximum absolute atomic E-state index is 12.1. The molecule has 2 N–H and O–H groups in total. The van der Waals surface area contributed by atoms with Crippen molar-refractivity contribution >= 4 is 17.5 Å². The molecule has 1 aliphatic heterocycles. The highest BCUT2D eigenvalue weighted by Crippen LogP contribution is 2.37. The molecule has 0 fully saturated rings. The molecule has 0 unspecified atom stereocenters. The molecule has 4 nitrogen and oxygen atoms in total. The van der Waals surface area contributed by atoms with E-state index in [4.69, 9.17) is 0 Å². The van der Waals surface area contributed by atoms with Crippen LogP contribution < -0.4 is 10.6 Å². The SMILES string of the molecule is Cc1cccc(CC(=O)NCc2ccc3c(c2)C(C)(C)C(=O)N3)c1. The van der Waals surface area contributed by atoms with Gasteiger partial charge in [-0.3, -0.25) is 9.59 Å². The Morgan fingerprint density at radius 2 is 1.92 bits per heavy atom. The fourth-order valence-corrected chi connectivity index (χ4v) is 3.00. The molecule has 1 heterocycles. The van der Waals surface area contributed by atoms with Gasteiger partial charge in [-0.05, 0) is 43.5 Å². The number of amides is 2. The van der Waals surface area contributed by atoms with Gasteiger partial charge in [-0.2, -0.15) is 0 Å². The number of aryl methyl sites for hydroxylation is 1. The molecular weight excluding hydrogens is 300 g/mol. The summed E-state index contributed by atoms with van der Waals surface area (Å²) < 4.78 is 0. The van der Waals surface area contributed by atoms with Crippen LogP contribution >= 0.6 is 0 Å². The molecule has 1 aliphatic rings. The van der Waals surface area contributed by atoms with Gasteiger partial charge in [0.1, 0.15) is 0 Å². The maximum atomic E-state index is 12.1. The Morgan fingerprint density at radius 3 is 2.67 bits per heavy atom. The summed E-state index contributed by atoms with van der Waals surface area (Å²) in [5.74, 6) is 0.00712. The van der Waals surface area contributed by atoms with E-state index >= 15 is 0 Å². The van der Waals surface area contributed by atoms with Crippen molar-refractivity contribution in [2.75, 3.05) is 5.32 Å². The number of hydrogen-bond acceptors (Lipinski definition) is 2. The first-order chi connectivity index (χ1) is 11.4. The summed E-state index contributed by atoms with van der Waals surface area (Å²) in [6, 6.07) is 13.8. The fraction of sp³-hybridized carbons (Fsp3) is 0.300. The van der Waals surface area contributed by atoms with Crippen LogP contribution in [0.3, 0.4) is 0 Å². The van der Waals surface area contributed by atoms with E-state index in [1.54, 1.807) is 0 Å². The molecule has 0 atom stereocenters. The lowest BCUT2D eigenvalue weighted by Crippen LogP contribution is -2.27. The summed E-state index contributed by atoms with van der Waals surface area (Å²) in [5.41, 5.74) is 4.47. The highest BCUT2D eigenvalue weighted by Gasteiger charge is 2.38. The standard InChI is InChI=1S/C20H22N2O2/c1-13-5-4-6-14(9-13)11-18(23)21-12-15-7-8-17-16(10-15)20(2,3)19(24)22-17/h4-10H,11-12H2,1-3H3,(H,21,23)(H,22,24). The normalized spacial score (nSPS) is 14.9. The van der Waals surface area contributed by atoms with Gasteiger partial charge in [0.05, 0.1) is 11.8 Å². The number of carbonyl (C=O) groups is 2. The van der Waals surface area contributed by atoms with Crippen molar-refractivity contribution < 1.29 is 9.59 Å². The molecule has 2 aromatic carbocycles. The van der Waals surface area contributed by atoms with Crippen molar-refractivity contribution in [3.05, 3.63) is 64.7 Å². The van der Waals surface area contributed by atoms with Crippen LogP contribution in [0.15, 0.2) is 42.5 Å². The average Bonchev–Trinajstić information content (AvgIpc) is 2.75. The summed E-state index contributed by atoms with van der Waals surface area (Å²) in [5, 5.41) is 5.84. The molecule has 2 aromatic rings. The largest absolute Gasteiger partial charge is 0.352 e. The molecule has 24 heavy (non-hydrogen) atoms. The second kappa shape index (κ2) is 6.11. The van der Waals surface area contributed by atoms with E-state index in [1.807, 2.05) is 63.2 Å². The number of anilines is 1. The predicted molar refractivity (Wildman–Crippen MR) is 94.8 cm³/mol. The van der Waals surface area contributed by atoms with Crippen LogP contribution in [0.25, 0.3) is 0 Å². The predicted octanol–water partition coefficient (Wildman–Crippen LogP) is 3.08. The van der Waals surface area contributed by atoms with Crippen molar-refractivity contribution in [2.45, 2.75) is 39.2 Å². The topological polar surface area (TPSA) is 58.2 Å². The van der Waals surface area contributed by atoms with E-state index in [0.717, 1.165) is 27.9 Å². The van der Waals surface area contributed by atoms with Gasteiger partial charge < -0.3 is 10.6 Å². The Labute approximate surface area is 142 Å². The van der Waals surface area contributed by atoms with E-state index in [-0.39, 0.29) is 11.8 Å². The zero-order valence-electron chi connectivity index (χ0n) is 14.3. The highest BCUT2D eigenvalue weighted by atomic mass is 16.2. The van der Waals surface area contributed by atoms with E-state index in [2.05, 4.69) is 10.6 Å². The Balaban J connectivity index is 1.65. The molecule has 0 aromatic heterocycles. The minimum Gasteiger partial charge on any atom is -0.352 e. The van der Waals surface area contributed by atoms with Crippen molar-refractivity contribution in [3.63, 3.8) is 0 Å². The molecule has 0 saturated carbocycles. The first-order valence-corrected chi connectivity index (χ1v) is 8.13. The van der Waals surface area contributed by atoms with E-state index < -0.39 is 5.41 Å². The molecule has 0 bridgehead atoms. The van der Waals surface area contributed by atoms with Gasteiger partial charge in [-0.25, -0.2) is 0 Å². The summed E-state index contributed by atoms with van der Waals surface area (Å²) in [6.45, 7) is 6.30. The first kappa shape index (κ1) is 16.2. The minimum absolute atomic E-state index is 0.00504. The van der Waals surface area contributed by atoms with Crippen molar-refractivity contribution in [2.24, 2.45) is 0 Å². The average molecular weight is 322 g/mol. The third kappa shape index (κ3) is 3.18. The first-order valence-electron chi connectivity index (χ1n) is 8.13. The van der Waals surface area contributed by atoms with E-state index in [9.17, 15) is 9.59 Å². The van der Waals surface area contributed by atoms with Crippen LogP contribution in [-0.2, 0) is 28.0 Å². The molecule has 124 valence electrons. The number of rotatable bonds is 4. The van der Waals surface area contributed by atoms with Gasteiger partial charge in [-0.1, -0.05) is 42.0 Å². The van der Waals surface area contributed by atoms with Crippen LogP contribution in [0.5, 0.6) is 0 Å². The quantitative estimate of drug-likeness (QED) is 0.909. The van der Waals surface area contributed by atoms with Gasteiger partial charge in [0, 0.05) is 12.2 Å². The van der Waals surface area contributed by atoms with Gasteiger partial charge in [-0.15, -0.1) is 0 Å². The van der Waals surface area contributed by atoms with E-state index in [0.29, 0.717) is 13.0 Å². The highest BCUT2D eigenvalue weighted by molar-refractivity contribution is 6.05. The zero-order valence-corrected chi connectivity index (χ0v) is 14.3. The maximum Gasteiger partial charge on any atom is 0.234 e. The molecule has 0 radical (unpaired) electrons. The molecule has 0 spiro atoms. The smallest absolute Gasteiger partial charge is 0.234 e. The van der Waals surface area contributed by atoms with Gasteiger partial charge >= 0.3 is 0 Å². The van der Waals surface area contributed by atoms with E-state index in [1.165, 1.54) is 0 Å². The van der Waals surface area contributed by atoms with Crippen LogP contribution in [0.1, 0.15) is 36.1 Å². The van der Waals surface area contributed by atoms with Gasteiger partial charge in [0.25, 0.3) is 0 Å². The minimum atomic E-state index is -0.531. The van der Waals surface area contributed by atoms with Gasteiger partial charge in [0.2, 0.25) is 11.8 Å². The molecule has 0 aliphatic carbocycles. The van der Waals surface area contributed by atoms with Crippen molar-refractivity contribution in [1.29, 1.82) is 0 Å². The number of hydrogen-bond donors (Lipinski definition) is 2. The van der Waals surface area contributed by atoms with Crippen LogP contribution in [0.4, 0.5) is 5.69 Å². The number of carbonyl (C=O) groups excluding carboxylic acids is 2. The lowest BCUT2D eigenvalue weighted by Gasteiger charge is -2.16. The summed E-state index contributed by atoms with van der Waals surface area (Å²) in [7, 11) is 0. The second-order valence-corrected chi connectivity index (χ2v) is 6.90. The Bertz CT molecular complexity index is 809. The Morgan fingerprint density at radius 1 is 1.12 bits per heavy atom. The number of nitrogens with one attached hydrogen (secondary N) is 2. The summed E-state index contributed by atoms with van der Waals surface area (Å²) in [6.07, 6.45) is 0.373. The Kier molecular flexibility index (Phi) is 4.14.